The molecule has 3 rings (SSSR count). The van der Waals surface area contributed by atoms with E-state index in [1.807, 2.05) is 38.1 Å². The van der Waals surface area contributed by atoms with Crippen molar-refractivity contribution in [1.29, 1.82) is 5.26 Å². The Labute approximate surface area is 205 Å². The van der Waals surface area contributed by atoms with E-state index in [4.69, 9.17) is 4.74 Å². The van der Waals surface area contributed by atoms with Crippen LogP contribution in [-0.4, -0.2) is 18.4 Å². The zero-order valence-corrected chi connectivity index (χ0v) is 20.1. The molecule has 2 N–H and O–H groups in total. The highest BCUT2D eigenvalue weighted by Gasteiger charge is 2.13. The number of carbonyl (C=O) groups is 2. The second-order valence-electron chi connectivity index (χ2n) is 7.40. The molecule has 0 fully saturated rings. The number of carbonyl (C=O) groups excluding carboxylic acids is 2. The van der Waals surface area contributed by atoms with Crippen molar-refractivity contribution in [1.82, 2.24) is 0 Å². The number of halogens is 2. The van der Waals surface area contributed by atoms with Gasteiger partial charge in [0.25, 0.3) is 11.8 Å². The lowest BCUT2D eigenvalue weighted by Crippen LogP contribution is -2.21. The highest BCUT2D eigenvalue weighted by Crippen LogP contribution is 2.26. The van der Waals surface area contributed by atoms with Gasteiger partial charge in [0.1, 0.15) is 23.2 Å². The van der Waals surface area contributed by atoms with Gasteiger partial charge in [-0.3, -0.25) is 9.59 Å². The lowest BCUT2D eigenvalue weighted by Gasteiger charge is -2.13. The van der Waals surface area contributed by atoms with Gasteiger partial charge in [0.15, 0.2) is 6.61 Å². The first-order valence-electron chi connectivity index (χ1n) is 10.2. The molecule has 3 aromatic rings. The number of anilines is 2. The minimum Gasteiger partial charge on any atom is -0.483 e. The number of ether oxygens (including phenoxy) is 1. The fourth-order valence-electron chi connectivity index (χ4n) is 3.02. The van der Waals surface area contributed by atoms with Crippen molar-refractivity contribution in [3.05, 3.63) is 93.2 Å². The summed E-state index contributed by atoms with van der Waals surface area (Å²) in [5, 5.41) is 14.9. The Balaban J connectivity index is 1.75. The van der Waals surface area contributed by atoms with Crippen LogP contribution in [0.5, 0.6) is 5.75 Å². The van der Waals surface area contributed by atoms with E-state index < -0.39 is 11.7 Å². The Morgan fingerprint density at radius 3 is 2.53 bits per heavy atom. The lowest BCUT2D eigenvalue weighted by atomic mass is 10.1. The van der Waals surface area contributed by atoms with Crippen LogP contribution in [0.4, 0.5) is 15.8 Å². The van der Waals surface area contributed by atoms with Crippen LogP contribution in [0.2, 0.25) is 0 Å². The van der Waals surface area contributed by atoms with Crippen LogP contribution in [-0.2, 0) is 9.59 Å². The van der Waals surface area contributed by atoms with E-state index in [9.17, 15) is 19.2 Å². The Bertz CT molecular complexity index is 1300. The molecule has 0 bridgehead atoms. The summed E-state index contributed by atoms with van der Waals surface area (Å²) in [6.07, 6.45) is 1.36. The number of rotatable bonds is 7. The Kier molecular flexibility index (Phi) is 8.17. The van der Waals surface area contributed by atoms with Crippen molar-refractivity contribution in [2.24, 2.45) is 0 Å². The average Bonchev–Trinajstić information content (AvgIpc) is 2.81. The van der Waals surface area contributed by atoms with Gasteiger partial charge in [-0.1, -0.05) is 28.1 Å². The van der Waals surface area contributed by atoms with Crippen LogP contribution in [0.1, 0.15) is 16.7 Å². The number of nitrogens with zero attached hydrogens (tertiary/aromatic N) is 1. The summed E-state index contributed by atoms with van der Waals surface area (Å²) in [5.74, 6) is -1.12. The Hall–Kier alpha value is -3.96. The first kappa shape index (κ1) is 24.7. The summed E-state index contributed by atoms with van der Waals surface area (Å²) < 4.78 is 19.5. The Morgan fingerprint density at radius 1 is 1.09 bits per heavy atom. The van der Waals surface area contributed by atoms with E-state index in [1.165, 1.54) is 30.3 Å². The normalized spacial score (nSPS) is 10.9. The van der Waals surface area contributed by atoms with Gasteiger partial charge in [-0.2, -0.15) is 5.26 Å². The zero-order valence-electron chi connectivity index (χ0n) is 18.5. The molecule has 0 radical (unpaired) electrons. The summed E-state index contributed by atoms with van der Waals surface area (Å²) in [6, 6.07) is 17.7. The summed E-state index contributed by atoms with van der Waals surface area (Å²) in [4.78, 5) is 25.0. The number of hydrogen-bond donors (Lipinski definition) is 2. The molecule has 0 spiro atoms. The Morgan fingerprint density at radius 2 is 1.82 bits per heavy atom. The number of nitriles is 1. The first-order chi connectivity index (χ1) is 16.3. The van der Waals surface area contributed by atoms with Crippen molar-refractivity contribution in [3.63, 3.8) is 0 Å². The molecule has 0 saturated heterocycles. The molecule has 2 amide bonds. The van der Waals surface area contributed by atoms with Gasteiger partial charge in [-0.25, -0.2) is 4.39 Å². The maximum Gasteiger partial charge on any atom is 0.266 e. The maximum atomic E-state index is 13.1. The molecule has 0 aromatic heterocycles. The van der Waals surface area contributed by atoms with Crippen LogP contribution >= 0.6 is 15.9 Å². The van der Waals surface area contributed by atoms with Crippen molar-refractivity contribution >= 4 is 45.2 Å². The fourth-order valence-corrected chi connectivity index (χ4v) is 3.39. The number of hydrogen-bond acceptors (Lipinski definition) is 4. The van der Waals surface area contributed by atoms with E-state index in [0.29, 0.717) is 27.2 Å². The van der Waals surface area contributed by atoms with E-state index >= 15 is 0 Å². The minimum atomic E-state index is -0.660. The maximum absolute atomic E-state index is 13.1. The number of amides is 2. The van der Waals surface area contributed by atoms with Crippen molar-refractivity contribution in [3.8, 4) is 11.8 Å². The topological polar surface area (TPSA) is 91.2 Å². The molecule has 0 unspecified atom stereocenters. The number of aryl methyl sites for hydroxylation is 1. The molecule has 0 saturated carbocycles. The zero-order chi connectivity index (χ0) is 24.7. The van der Waals surface area contributed by atoms with Crippen LogP contribution in [0, 0.1) is 31.0 Å². The molecule has 0 aliphatic rings. The van der Waals surface area contributed by atoms with Crippen LogP contribution in [0.3, 0.4) is 0 Å². The quantitative estimate of drug-likeness (QED) is 0.305. The third kappa shape index (κ3) is 6.53. The van der Waals surface area contributed by atoms with Gasteiger partial charge in [-0.05, 0) is 79.6 Å². The second kappa shape index (κ2) is 11.3. The molecule has 8 heteroatoms. The molecule has 0 heterocycles. The van der Waals surface area contributed by atoms with Gasteiger partial charge in [-0.15, -0.1) is 0 Å². The SMILES string of the molecule is Cc1cccc(NC(=O)COc2ccc(Br)cc2/C=C(\C#N)C(=O)Nc2ccc(F)cc2)c1C. The third-order valence-corrected chi connectivity index (χ3v) is 5.47. The molecule has 34 heavy (non-hydrogen) atoms. The summed E-state index contributed by atoms with van der Waals surface area (Å²) in [5.41, 5.74) is 3.32. The molecule has 172 valence electrons. The molecular weight excluding hydrogens is 501 g/mol. The smallest absolute Gasteiger partial charge is 0.266 e. The lowest BCUT2D eigenvalue weighted by molar-refractivity contribution is -0.118. The van der Waals surface area contributed by atoms with Gasteiger partial charge < -0.3 is 15.4 Å². The van der Waals surface area contributed by atoms with Gasteiger partial charge >= 0.3 is 0 Å². The first-order valence-corrected chi connectivity index (χ1v) is 11.0. The predicted octanol–water partition coefficient (Wildman–Crippen LogP) is 5.77. The molecule has 6 nitrogen and oxygen atoms in total. The number of nitrogens with one attached hydrogen (secondary N) is 2. The summed E-state index contributed by atoms with van der Waals surface area (Å²) in [6.45, 7) is 3.62. The molecule has 3 aromatic carbocycles. The van der Waals surface area contributed by atoms with Crippen molar-refractivity contribution in [2.45, 2.75) is 13.8 Å². The van der Waals surface area contributed by atoms with Crippen LogP contribution in [0.25, 0.3) is 6.08 Å². The molecule has 0 aliphatic carbocycles. The standard InChI is InChI=1S/C26H21BrFN3O3/c1-16-4-3-5-23(17(16)2)31-25(32)15-34-24-11-6-20(27)13-18(24)12-19(14-29)26(33)30-22-9-7-21(28)8-10-22/h3-13H,15H2,1-2H3,(H,30,33)(H,31,32)/b19-12+. The molecule has 0 aliphatic heterocycles. The van der Waals surface area contributed by atoms with Crippen LogP contribution < -0.4 is 15.4 Å². The minimum absolute atomic E-state index is 0.188. The van der Waals surface area contributed by atoms with Crippen molar-refractivity contribution in [2.75, 3.05) is 17.2 Å². The summed E-state index contributed by atoms with van der Waals surface area (Å²) in [7, 11) is 0. The van der Waals surface area contributed by atoms with Crippen molar-refractivity contribution < 1.29 is 18.7 Å². The van der Waals surface area contributed by atoms with E-state index in [0.717, 1.165) is 11.1 Å². The molecular formula is C26H21BrFN3O3. The second-order valence-corrected chi connectivity index (χ2v) is 8.31. The predicted molar refractivity (Wildman–Crippen MR) is 133 cm³/mol. The van der Waals surface area contributed by atoms with Crippen LogP contribution in [0.15, 0.2) is 70.7 Å². The summed E-state index contributed by atoms with van der Waals surface area (Å²) >= 11 is 3.36. The van der Waals surface area contributed by atoms with E-state index in [-0.39, 0.29) is 18.1 Å². The number of benzene rings is 3. The molecule has 0 atom stereocenters. The average molecular weight is 522 g/mol. The van der Waals surface area contributed by atoms with E-state index in [2.05, 4.69) is 26.6 Å². The highest BCUT2D eigenvalue weighted by molar-refractivity contribution is 9.10. The monoisotopic (exact) mass is 521 g/mol. The van der Waals surface area contributed by atoms with Gasteiger partial charge in [0.05, 0.1) is 0 Å². The highest BCUT2D eigenvalue weighted by atomic mass is 79.9. The van der Waals surface area contributed by atoms with E-state index in [1.54, 1.807) is 18.2 Å². The largest absolute Gasteiger partial charge is 0.483 e. The fraction of sp³-hybridized carbons (Fsp3) is 0.115. The van der Waals surface area contributed by atoms with Gasteiger partial charge in [0, 0.05) is 21.4 Å². The van der Waals surface area contributed by atoms with Gasteiger partial charge in [0.2, 0.25) is 0 Å². The third-order valence-electron chi connectivity index (χ3n) is 4.98.